The Kier molecular flexibility index (Phi) is 8.37. The molecule has 0 bridgehead atoms. The van der Waals surface area contributed by atoms with E-state index in [-0.39, 0.29) is 12.7 Å². The SMILES string of the molecule is CCCCC(Oc1ccc(OCC(=O)O)c(C)c1)c1cccc(-c2ccc(Cl)c(Cl)c2)n1. The quantitative estimate of drug-likeness (QED) is 0.338. The van der Waals surface area contributed by atoms with Crippen molar-refractivity contribution in [3.8, 4) is 22.8 Å². The predicted molar refractivity (Wildman–Crippen MR) is 127 cm³/mol. The van der Waals surface area contributed by atoms with Gasteiger partial charge in [0.05, 0.1) is 21.4 Å². The number of carboxylic acids is 1. The first kappa shape index (κ1) is 23.9. The number of hydrogen-bond donors (Lipinski definition) is 1. The molecule has 0 aliphatic carbocycles. The smallest absolute Gasteiger partial charge is 0.341 e. The zero-order valence-electron chi connectivity index (χ0n) is 18.0. The molecule has 7 heteroatoms. The van der Waals surface area contributed by atoms with E-state index in [1.807, 2.05) is 37.3 Å². The van der Waals surface area contributed by atoms with Crippen molar-refractivity contribution in [3.63, 3.8) is 0 Å². The van der Waals surface area contributed by atoms with Crippen molar-refractivity contribution in [2.24, 2.45) is 0 Å². The number of halogens is 2. The Balaban J connectivity index is 1.84. The summed E-state index contributed by atoms with van der Waals surface area (Å²) >= 11 is 12.2. The van der Waals surface area contributed by atoms with E-state index in [0.29, 0.717) is 21.5 Å². The molecule has 0 radical (unpaired) electrons. The molecule has 32 heavy (non-hydrogen) atoms. The first-order valence-corrected chi connectivity index (χ1v) is 11.2. The molecule has 2 aromatic carbocycles. The molecule has 0 aliphatic rings. The van der Waals surface area contributed by atoms with Crippen molar-refractivity contribution in [1.82, 2.24) is 4.98 Å². The van der Waals surface area contributed by atoms with Gasteiger partial charge in [0.15, 0.2) is 6.61 Å². The van der Waals surface area contributed by atoms with Gasteiger partial charge in [-0.15, -0.1) is 0 Å². The second kappa shape index (κ2) is 11.2. The maximum absolute atomic E-state index is 10.7. The van der Waals surface area contributed by atoms with Crippen LogP contribution in [0.5, 0.6) is 11.5 Å². The lowest BCUT2D eigenvalue weighted by molar-refractivity contribution is -0.139. The maximum atomic E-state index is 10.7. The fraction of sp³-hybridized carbons (Fsp3) is 0.280. The van der Waals surface area contributed by atoms with Crippen molar-refractivity contribution in [2.75, 3.05) is 6.61 Å². The molecule has 3 aromatic rings. The van der Waals surface area contributed by atoms with Gasteiger partial charge >= 0.3 is 5.97 Å². The number of benzene rings is 2. The zero-order chi connectivity index (χ0) is 23.1. The summed E-state index contributed by atoms with van der Waals surface area (Å²) in [5, 5.41) is 9.79. The number of aliphatic carboxylic acids is 1. The van der Waals surface area contributed by atoms with Gasteiger partial charge in [0.1, 0.15) is 17.6 Å². The van der Waals surface area contributed by atoms with Crippen LogP contribution in [0.25, 0.3) is 11.3 Å². The van der Waals surface area contributed by atoms with E-state index < -0.39 is 5.97 Å². The number of rotatable bonds is 10. The van der Waals surface area contributed by atoms with Gasteiger partial charge in [0.25, 0.3) is 0 Å². The molecule has 1 unspecified atom stereocenters. The number of ether oxygens (including phenoxy) is 2. The van der Waals surface area contributed by atoms with Gasteiger partial charge in [0, 0.05) is 5.56 Å². The maximum Gasteiger partial charge on any atom is 0.341 e. The molecule has 0 saturated heterocycles. The Morgan fingerprint density at radius 2 is 1.91 bits per heavy atom. The van der Waals surface area contributed by atoms with Crippen LogP contribution < -0.4 is 9.47 Å². The van der Waals surface area contributed by atoms with E-state index in [1.165, 1.54) is 0 Å². The zero-order valence-corrected chi connectivity index (χ0v) is 19.5. The second-order valence-electron chi connectivity index (χ2n) is 7.44. The Hall–Kier alpha value is -2.76. The van der Waals surface area contributed by atoms with Gasteiger partial charge in [-0.1, -0.05) is 48.7 Å². The van der Waals surface area contributed by atoms with Crippen LogP contribution in [0, 0.1) is 6.92 Å². The number of aromatic nitrogens is 1. The van der Waals surface area contributed by atoms with Gasteiger partial charge in [-0.2, -0.15) is 0 Å². The average Bonchev–Trinajstić information content (AvgIpc) is 2.78. The highest BCUT2D eigenvalue weighted by Gasteiger charge is 2.17. The van der Waals surface area contributed by atoms with Crippen LogP contribution in [0.4, 0.5) is 0 Å². The van der Waals surface area contributed by atoms with Crippen molar-refractivity contribution >= 4 is 29.2 Å². The van der Waals surface area contributed by atoms with E-state index in [4.69, 9.17) is 42.8 Å². The van der Waals surface area contributed by atoms with E-state index in [0.717, 1.165) is 41.8 Å². The molecule has 5 nitrogen and oxygen atoms in total. The van der Waals surface area contributed by atoms with E-state index in [9.17, 15) is 4.79 Å². The highest BCUT2D eigenvalue weighted by atomic mass is 35.5. The van der Waals surface area contributed by atoms with Gasteiger partial charge in [-0.3, -0.25) is 0 Å². The number of unbranched alkanes of at least 4 members (excludes halogenated alkanes) is 1. The summed E-state index contributed by atoms with van der Waals surface area (Å²) in [6.07, 6.45) is 2.60. The summed E-state index contributed by atoms with van der Waals surface area (Å²) in [5.41, 5.74) is 3.30. The minimum Gasteiger partial charge on any atom is -0.484 e. The van der Waals surface area contributed by atoms with E-state index in [1.54, 1.807) is 24.3 Å². The number of carbonyl (C=O) groups is 1. The minimum atomic E-state index is -1.02. The Bertz CT molecular complexity index is 1090. The number of aryl methyl sites for hydroxylation is 1. The summed E-state index contributed by atoms with van der Waals surface area (Å²) in [6, 6.07) is 16.6. The largest absolute Gasteiger partial charge is 0.484 e. The highest BCUT2D eigenvalue weighted by Crippen LogP contribution is 2.32. The number of pyridine rings is 1. The van der Waals surface area contributed by atoms with Crippen LogP contribution in [0.2, 0.25) is 10.0 Å². The molecule has 0 spiro atoms. The summed E-state index contributed by atoms with van der Waals surface area (Å²) in [7, 11) is 0. The Morgan fingerprint density at radius 3 is 2.59 bits per heavy atom. The minimum absolute atomic E-state index is 0.233. The first-order valence-electron chi connectivity index (χ1n) is 10.4. The summed E-state index contributed by atoms with van der Waals surface area (Å²) in [5.74, 6) is 0.176. The lowest BCUT2D eigenvalue weighted by Gasteiger charge is -2.20. The summed E-state index contributed by atoms with van der Waals surface area (Å²) in [4.78, 5) is 15.6. The third-order valence-corrected chi connectivity index (χ3v) is 5.65. The molecule has 0 saturated carbocycles. The number of nitrogens with zero attached hydrogens (tertiary/aromatic N) is 1. The van der Waals surface area contributed by atoms with Crippen LogP contribution in [0.3, 0.4) is 0 Å². The standard InChI is InChI=1S/C25H25Cl2NO4/c1-3-4-8-24(32-18-10-12-23(16(2)13-18)31-15-25(29)30)22-7-5-6-21(28-22)17-9-11-19(26)20(27)14-17/h5-7,9-14,24H,3-4,8,15H2,1-2H3,(H,29,30). The van der Waals surface area contributed by atoms with Crippen molar-refractivity contribution in [3.05, 3.63) is 75.9 Å². The van der Waals surface area contributed by atoms with Gasteiger partial charge in [-0.05, 0) is 67.8 Å². The van der Waals surface area contributed by atoms with Crippen molar-refractivity contribution in [1.29, 1.82) is 0 Å². The normalized spacial score (nSPS) is 11.8. The molecule has 3 rings (SSSR count). The van der Waals surface area contributed by atoms with Crippen LogP contribution in [-0.2, 0) is 4.79 Å². The lowest BCUT2D eigenvalue weighted by Crippen LogP contribution is -2.11. The average molecular weight is 474 g/mol. The Labute approximate surface area is 197 Å². The van der Waals surface area contributed by atoms with Crippen LogP contribution >= 0.6 is 23.2 Å². The number of hydrogen-bond acceptors (Lipinski definition) is 4. The molecule has 0 amide bonds. The van der Waals surface area contributed by atoms with Crippen molar-refractivity contribution < 1.29 is 19.4 Å². The molecule has 1 N–H and O–H groups in total. The lowest BCUT2D eigenvalue weighted by atomic mass is 10.1. The predicted octanol–water partition coefficient (Wildman–Crippen LogP) is 7.14. The molecule has 1 atom stereocenters. The van der Waals surface area contributed by atoms with E-state index in [2.05, 4.69) is 6.92 Å². The van der Waals surface area contributed by atoms with Crippen LogP contribution in [-0.4, -0.2) is 22.7 Å². The van der Waals surface area contributed by atoms with Crippen LogP contribution in [0.1, 0.15) is 43.5 Å². The van der Waals surface area contributed by atoms with Gasteiger partial charge < -0.3 is 14.6 Å². The fourth-order valence-electron chi connectivity index (χ4n) is 3.26. The second-order valence-corrected chi connectivity index (χ2v) is 8.25. The third kappa shape index (κ3) is 6.38. The van der Waals surface area contributed by atoms with Gasteiger partial charge in [0.2, 0.25) is 0 Å². The fourth-order valence-corrected chi connectivity index (χ4v) is 3.56. The first-order chi connectivity index (χ1) is 15.4. The topological polar surface area (TPSA) is 68.7 Å². The molecular formula is C25H25Cl2NO4. The monoisotopic (exact) mass is 473 g/mol. The number of carboxylic acid groups (broad SMARTS) is 1. The van der Waals surface area contributed by atoms with Gasteiger partial charge in [-0.25, -0.2) is 9.78 Å². The Morgan fingerprint density at radius 1 is 1.09 bits per heavy atom. The third-order valence-electron chi connectivity index (χ3n) is 4.91. The molecule has 1 heterocycles. The summed E-state index contributed by atoms with van der Waals surface area (Å²) < 4.78 is 11.6. The van der Waals surface area contributed by atoms with E-state index >= 15 is 0 Å². The molecule has 0 fully saturated rings. The molecular weight excluding hydrogens is 449 g/mol. The molecule has 1 aromatic heterocycles. The molecule has 0 aliphatic heterocycles. The highest BCUT2D eigenvalue weighted by molar-refractivity contribution is 6.42. The summed E-state index contributed by atoms with van der Waals surface area (Å²) in [6.45, 7) is 3.61. The molecule has 168 valence electrons. The van der Waals surface area contributed by atoms with Crippen molar-refractivity contribution in [2.45, 2.75) is 39.2 Å². The van der Waals surface area contributed by atoms with Crippen LogP contribution in [0.15, 0.2) is 54.6 Å².